The molecule has 2 aromatic rings. The Hall–Kier alpha value is -2.21. The van der Waals surface area contributed by atoms with Gasteiger partial charge in [-0.15, -0.1) is 0 Å². The van der Waals surface area contributed by atoms with E-state index in [1.165, 1.54) is 0 Å². The van der Waals surface area contributed by atoms with Crippen molar-refractivity contribution in [3.63, 3.8) is 0 Å². The maximum Gasteiger partial charge on any atom is 0.203 e. The van der Waals surface area contributed by atoms with Gasteiger partial charge in [0.25, 0.3) is 0 Å². The molecule has 0 radical (unpaired) electrons. The van der Waals surface area contributed by atoms with Gasteiger partial charge >= 0.3 is 0 Å². The van der Waals surface area contributed by atoms with Gasteiger partial charge in [0.15, 0.2) is 11.5 Å². The van der Waals surface area contributed by atoms with Gasteiger partial charge in [0, 0.05) is 32.0 Å². The predicted molar refractivity (Wildman–Crippen MR) is 77.9 cm³/mol. The minimum atomic E-state index is 0.561. The highest BCUT2D eigenvalue weighted by Gasteiger charge is 2.18. The smallest absolute Gasteiger partial charge is 0.203 e. The topological polar surface area (TPSA) is 57.5 Å². The molecule has 1 aliphatic heterocycles. The standard InChI is InChI=1S/C15H19N3O3/c1-19-13-8-12(9-14-15(13)21-7-6-20-14)10-16-2-4-18-5-3-17-11-18/h3,5,8-9,11,16H,2,4,6-7,10H2,1H3. The molecule has 6 heteroatoms. The molecule has 0 saturated heterocycles. The van der Waals surface area contributed by atoms with Crippen LogP contribution in [0.2, 0.25) is 0 Å². The van der Waals surface area contributed by atoms with Crippen molar-refractivity contribution in [1.29, 1.82) is 0 Å². The zero-order chi connectivity index (χ0) is 14.5. The second kappa shape index (κ2) is 6.49. The number of ether oxygens (including phenoxy) is 3. The maximum atomic E-state index is 5.63. The number of nitrogens with zero attached hydrogens (tertiary/aromatic N) is 2. The number of aromatic nitrogens is 2. The second-order valence-corrected chi connectivity index (χ2v) is 4.80. The van der Waals surface area contributed by atoms with Crippen molar-refractivity contribution in [3.8, 4) is 17.2 Å². The van der Waals surface area contributed by atoms with Gasteiger partial charge in [-0.3, -0.25) is 0 Å². The van der Waals surface area contributed by atoms with Gasteiger partial charge < -0.3 is 24.1 Å². The zero-order valence-corrected chi connectivity index (χ0v) is 12.0. The third-order valence-corrected chi connectivity index (χ3v) is 3.32. The molecule has 0 atom stereocenters. The van der Waals surface area contributed by atoms with Crippen LogP contribution in [0.4, 0.5) is 0 Å². The SMILES string of the molecule is COc1cc(CNCCn2ccnc2)cc2c1OCCO2. The first-order valence-corrected chi connectivity index (χ1v) is 7.00. The number of rotatable bonds is 6. The fourth-order valence-electron chi connectivity index (χ4n) is 2.29. The molecule has 1 aromatic carbocycles. The van der Waals surface area contributed by atoms with Crippen LogP contribution in [0.25, 0.3) is 0 Å². The van der Waals surface area contributed by atoms with E-state index in [0.717, 1.165) is 36.7 Å². The highest BCUT2D eigenvalue weighted by atomic mass is 16.6. The summed E-state index contributed by atoms with van der Waals surface area (Å²) in [6.07, 6.45) is 5.55. The molecule has 1 N–H and O–H groups in total. The molecule has 0 aliphatic carbocycles. The Morgan fingerprint density at radius 2 is 2.24 bits per heavy atom. The van der Waals surface area contributed by atoms with Crippen LogP contribution in [0.3, 0.4) is 0 Å². The average molecular weight is 289 g/mol. The van der Waals surface area contributed by atoms with E-state index in [0.29, 0.717) is 19.0 Å². The van der Waals surface area contributed by atoms with Crippen molar-refractivity contribution in [2.24, 2.45) is 0 Å². The van der Waals surface area contributed by atoms with Gasteiger partial charge in [-0.05, 0) is 17.7 Å². The molecular formula is C15H19N3O3. The summed E-state index contributed by atoms with van der Waals surface area (Å²) in [5.41, 5.74) is 1.11. The third kappa shape index (κ3) is 3.28. The van der Waals surface area contributed by atoms with E-state index < -0.39 is 0 Å². The minimum absolute atomic E-state index is 0.561. The lowest BCUT2D eigenvalue weighted by Gasteiger charge is -2.21. The van der Waals surface area contributed by atoms with E-state index in [2.05, 4.69) is 10.3 Å². The monoisotopic (exact) mass is 289 g/mol. The van der Waals surface area contributed by atoms with Crippen LogP contribution < -0.4 is 19.5 Å². The van der Waals surface area contributed by atoms with E-state index in [9.17, 15) is 0 Å². The summed E-state index contributed by atoms with van der Waals surface area (Å²) in [4.78, 5) is 4.02. The van der Waals surface area contributed by atoms with Crippen LogP contribution in [0.1, 0.15) is 5.56 Å². The molecule has 0 fully saturated rings. The Morgan fingerprint density at radius 1 is 1.33 bits per heavy atom. The molecule has 0 saturated carbocycles. The molecular weight excluding hydrogens is 270 g/mol. The summed E-state index contributed by atoms with van der Waals surface area (Å²) in [7, 11) is 1.64. The van der Waals surface area contributed by atoms with Crippen LogP contribution in [-0.4, -0.2) is 36.4 Å². The zero-order valence-electron chi connectivity index (χ0n) is 12.0. The van der Waals surface area contributed by atoms with Crippen LogP contribution in [-0.2, 0) is 13.1 Å². The van der Waals surface area contributed by atoms with E-state index in [1.807, 2.05) is 29.2 Å². The van der Waals surface area contributed by atoms with Crippen LogP contribution in [0.15, 0.2) is 30.9 Å². The van der Waals surface area contributed by atoms with Gasteiger partial charge in [0.05, 0.1) is 13.4 Å². The third-order valence-electron chi connectivity index (χ3n) is 3.32. The fourth-order valence-corrected chi connectivity index (χ4v) is 2.29. The lowest BCUT2D eigenvalue weighted by atomic mass is 10.1. The summed E-state index contributed by atoms with van der Waals surface area (Å²) in [5, 5.41) is 3.40. The van der Waals surface area contributed by atoms with Crippen LogP contribution in [0.5, 0.6) is 17.2 Å². The number of hydrogen-bond acceptors (Lipinski definition) is 5. The second-order valence-electron chi connectivity index (χ2n) is 4.80. The van der Waals surface area contributed by atoms with Crippen molar-refractivity contribution in [2.75, 3.05) is 26.9 Å². The van der Waals surface area contributed by atoms with Gasteiger partial charge in [-0.25, -0.2) is 4.98 Å². The van der Waals surface area contributed by atoms with E-state index in [-0.39, 0.29) is 0 Å². The molecule has 112 valence electrons. The normalized spacial score (nSPS) is 13.2. The molecule has 0 spiro atoms. The summed E-state index contributed by atoms with van der Waals surface area (Å²) in [6, 6.07) is 3.99. The van der Waals surface area contributed by atoms with E-state index >= 15 is 0 Å². The van der Waals surface area contributed by atoms with Gasteiger partial charge in [0.1, 0.15) is 13.2 Å². The predicted octanol–water partition coefficient (Wildman–Crippen LogP) is 1.45. The Balaban J connectivity index is 1.60. The lowest BCUT2D eigenvalue weighted by Crippen LogP contribution is -2.20. The largest absolute Gasteiger partial charge is 0.493 e. The Morgan fingerprint density at radius 3 is 3.05 bits per heavy atom. The van der Waals surface area contributed by atoms with Crippen molar-refractivity contribution in [3.05, 3.63) is 36.4 Å². The Bertz CT molecular complexity index is 567. The number of methoxy groups -OCH3 is 1. The van der Waals surface area contributed by atoms with Gasteiger partial charge in [-0.2, -0.15) is 0 Å². The quantitative estimate of drug-likeness (QED) is 0.816. The first-order valence-electron chi connectivity index (χ1n) is 7.00. The molecule has 1 aliphatic rings. The summed E-state index contributed by atoms with van der Waals surface area (Å²) >= 11 is 0. The molecule has 6 nitrogen and oxygen atoms in total. The molecule has 0 amide bonds. The molecule has 1 aromatic heterocycles. The first-order chi connectivity index (χ1) is 10.4. The molecule has 21 heavy (non-hydrogen) atoms. The first kappa shape index (κ1) is 13.8. The van der Waals surface area contributed by atoms with Crippen LogP contribution in [0, 0.1) is 0 Å². The van der Waals surface area contributed by atoms with Crippen molar-refractivity contribution in [2.45, 2.75) is 13.1 Å². The number of imidazole rings is 1. The maximum absolute atomic E-state index is 5.63. The molecule has 3 rings (SSSR count). The van der Waals surface area contributed by atoms with Gasteiger partial charge in [-0.1, -0.05) is 0 Å². The van der Waals surface area contributed by atoms with Crippen molar-refractivity contribution in [1.82, 2.24) is 14.9 Å². The van der Waals surface area contributed by atoms with Crippen molar-refractivity contribution < 1.29 is 14.2 Å². The van der Waals surface area contributed by atoms with Gasteiger partial charge in [0.2, 0.25) is 5.75 Å². The van der Waals surface area contributed by atoms with Crippen molar-refractivity contribution >= 4 is 0 Å². The highest BCUT2D eigenvalue weighted by molar-refractivity contribution is 5.54. The summed E-state index contributed by atoms with van der Waals surface area (Å²) in [6.45, 7) is 3.65. The molecule has 0 unspecified atom stereocenters. The Labute approximate surface area is 123 Å². The van der Waals surface area contributed by atoms with Crippen LogP contribution >= 0.6 is 0 Å². The summed E-state index contributed by atoms with van der Waals surface area (Å²) < 4.78 is 18.6. The number of hydrogen-bond donors (Lipinski definition) is 1. The summed E-state index contributed by atoms with van der Waals surface area (Å²) in [5.74, 6) is 2.18. The molecule has 0 bridgehead atoms. The molecule has 2 heterocycles. The Kier molecular flexibility index (Phi) is 4.25. The average Bonchev–Trinajstić information content (AvgIpc) is 3.04. The number of benzene rings is 1. The minimum Gasteiger partial charge on any atom is -0.493 e. The fraction of sp³-hybridized carbons (Fsp3) is 0.400. The van der Waals surface area contributed by atoms with E-state index in [4.69, 9.17) is 14.2 Å². The number of fused-ring (bicyclic) bond motifs is 1. The number of nitrogens with one attached hydrogen (secondary N) is 1. The lowest BCUT2D eigenvalue weighted by molar-refractivity contribution is 0.165. The van der Waals surface area contributed by atoms with E-state index in [1.54, 1.807) is 13.3 Å². The highest BCUT2D eigenvalue weighted by Crippen LogP contribution is 2.40.